The number of carboxylic acids is 1. The molecule has 0 amide bonds. The zero-order chi connectivity index (χ0) is 16.7. The van der Waals surface area contributed by atoms with Gasteiger partial charge in [-0.05, 0) is 51.2 Å². The van der Waals surface area contributed by atoms with Crippen molar-refractivity contribution in [1.29, 1.82) is 0 Å². The smallest absolute Gasteiger partial charge is 0.317 e. The molecule has 0 aromatic rings. The van der Waals surface area contributed by atoms with Crippen LogP contribution < -0.4 is 0 Å². The van der Waals surface area contributed by atoms with Crippen molar-refractivity contribution in [3.63, 3.8) is 0 Å². The lowest BCUT2D eigenvalue weighted by Gasteiger charge is -2.37. The van der Waals surface area contributed by atoms with Gasteiger partial charge in [0.1, 0.15) is 0 Å². The summed E-state index contributed by atoms with van der Waals surface area (Å²) >= 11 is 0. The Balaban J connectivity index is 1.63. The van der Waals surface area contributed by atoms with Crippen LogP contribution in [0.15, 0.2) is 0 Å². The standard InChI is InChI=1S/C18H34N2O3/c1-3-20(14-18(21)22)16-8-10-19(11-9-16)12-13-23-17-7-5-4-6-15(17)2/h15-17H,3-14H2,1-2H3,(H,21,22). The molecule has 2 fully saturated rings. The van der Waals surface area contributed by atoms with Crippen LogP contribution >= 0.6 is 0 Å². The molecule has 1 aliphatic carbocycles. The molecule has 1 aliphatic heterocycles. The number of likely N-dealkylation sites (tertiary alicyclic amines) is 1. The van der Waals surface area contributed by atoms with E-state index in [0.717, 1.165) is 45.6 Å². The first-order valence-electron chi connectivity index (χ1n) is 9.40. The molecular weight excluding hydrogens is 292 g/mol. The molecule has 0 aromatic carbocycles. The van der Waals surface area contributed by atoms with E-state index < -0.39 is 5.97 Å². The molecule has 1 saturated heterocycles. The molecule has 2 rings (SSSR count). The first-order chi connectivity index (χ1) is 11.1. The molecule has 5 heteroatoms. The molecule has 0 radical (unpaired) electrons. The summed E-state index contributed by atoms with van der Waals surface area (Å²) in [6, 6.07) is 0.423. The van der Waals surface area contributed by atoms with Gasteiger partial charge in [0.2, 0.25) is 0 Å². The summed E-state index contributed by atoms with van der Waals surface area (Å²) in [4.78, 5) is 15.5. The van der Waals surface area contributed by atoms with Crippen LogP contribution in [0.5, 0.6) is 0 Å². The molecule has 1 N–H and O–H groups in total. The third-order valence-corrected chi connectivity index (χ3v) is 5.59. The number of ether oxygens (including phenoxy) is 1. The molecule has 23 heavy (non-hydrogen) atoms. The lowest BCUT2D eigenvalue weighted by Crippen LogP contribution is -2.47. The molecular formula is C18H34N2O3. The highest BCUT2D eigenvalue weighted by Crippen LogP contribution is 2.26. The number of rotatable bonds is 8. The summed E-state index contributed by atoms with van der Waals surface area (Å²) < 4.78 is 6.12. The minimum absolute atomic E-state index is 0.170. The topological polar surface area (TPSA) is 53.0 Å². The predicted octanol–water partition coefficient (Wildman–Crippen LogP) is 2.45. The van der Waals surface area contributed by atoms with Gasteiger partial charge < -0.3 is 14.7 Å². The average Bonchev–Trinajstić information content (AvgIpc) is 2.55. The van der Waals surface area contributed by atoms with Crippen molar-refractivity contribution in [3.8, 4) is 0 Å². The fourth-order valence-corrected chi connectivity index (χ4v) is 4.04. The molecule has 5 nitrogen and oxygen atoms in total. The number of hydrogen-bond acceptors (Lipinski definition) is 4. The fourth-order valence-electron chi connectivity index (χ4n) is 4.04. The van der Waals surface area contributed by atoms with E-state index in [4.69, 9.17) is 9.84 Å². The van der Waals surface area contributed by atoms with Crippen LogP contribution in [0.25, 0.3) is 0 Å². The Kier molecular flexibility index (Phi) is 7.80. The molecule has 0 spiro atoms. The van der Waals surface area contributed by atoms with Crippen molar-refractivity contribution < 1.29 is 14.6 Å². The highest BCUT2D eigenvalue weighted by molar-refractivity contribution is 5.69. The number of carbonyl (C=O) groups is 1. The summed E-state index contributed by atoms with van der Waals surface area (Å²) in [5.41, 5.74) is 0. The number of nitrogens with zero attached hydrogens (tertiary/aromatic N) is 2. The average molecular weight is 326 g/mol. The summed E-state index contributed by atoms with van der Waals surface area (Å²) in [5, 5.41) is 8.99. The van der Waals surface area contributed by atoms with E-state index in [9.17, 15) is 4.79 Å². The Hall–Kier alpha value is -0.650. The Labute approximate surface area is 141 Å². The number of aliphatic carboxylic acids is 1. The second-order valence-corrected chi connectivity index (χ2v) is 7.20. The minimum Gasteiger partial charge on any atom is -0.480 e. The van der Waals surface area contributed by atoms with Crippen LogP contribution in [0.1, 0.15) is 52.4 Å². The molecule has 0 aromatic heterocycles. The fraction of sp³-hybridized carbons (Fsp3) is 0.944. The monoisotopic (exact) mass is 326 g/mol. The minimum atomic E-state index is -0.718. The van der Waals surface area contributed by atoms with Crippen LogP contribution in [-0.2, 0) is 9.53 Å². The van der Waals surface area contributed by atoms with E-state index >= 15 is 0 Å². The van der Waals surface area contributed by atoms with E-state index in [1.165, 1.54) is 25.7 Å². The van der Waals surface area contributed by atoms with Gasteiger partial charge in [0.05, 0.1) is 19.3 Å². The molecule has 2 atom stereocenters. The molecule has 1 saturated carbocycles. The quantitative estimate of drug-likeness (QED) is 0.742. The van der Waals surface area contributed by atoms with Crippen molar-refractivity contribution in [2.75, 3.05) is 39.3 Å². The highest BCUT2D eigenvalue weighted by atomic mass is 16.5. The normalized spacial score (nSPS) is 27.4. The lowest BCUT2D eigenvalue weighted by atomic mass is 9.88. The van der Waals surface area contributed by atoms with E-state index in [2.05, 4.69) is 23.6 Å². The van der Waals surface area contributed by atoms with Crippen LogP contribution in [0, 0.1) is 5.92 Å². The predicted molar refractivity (Wildman–Crippen MR) is 91.7 cm³/mol. The molecule has 2 unspecified atom stereocenters. The summed E-state index contributed by atoms with van der Waals surface area (Å²) in [6.45, 7) is 9.33. The highest BCUT2D eigenvalue weighted by Gasteiger charge is 2.26. The van der Waals surface area contributed by atoms with Crippen LogP contribution in [0.3, 0.4) is 0 Å². The maximum atomic E-state index is 10.9. The summed E-state index contributed by atoms with van der Waals surface area (Å²) in [5.74, 6) is -0.00658. The Morgan fingerprint density at radius 1 is 1.22 bits per heavy atom. The van der Waals surface area contributed by atoms with Crippen molar-refractivity contribution >= 4 is 5.97 Å². The number of likely N-dealkylation sites (N-methyl/N-ethyl adjacent to an activating group) is 1. The van der Waals surface area contributed by atoms with E-state index in [1.54, 1.807) is 0 Å². The van der Waals surface area contributed by atoms with Gasteiger partial charge in [0.25, 0.3) is 0 Å². The second-order valence-electron chi connectivity index (χ2n) is 7.20. The van der Waals surface area contributed by atoms with Gasteiger partial charge in [-0.1, -0.05) is 26.7 Å². The van der Waals surface area contributed by atoms with Gasteiger partial charge in [-0.3, -0.25) is 9.69 Å². The summed E-state index contributed by atoms with van der Waals surface area (Å²) in [6.07, 6.45) is 7.82. The number of hydrogen-bond donors (Lipinski definition) is 1. The van der Waals surface area contributed by atoms with Crippen LogP contribution in [-0.4, -0.2) is 72.4 Å². The summed E-state index contributed by atoms with van der Waals surface area (Å²) in [7, 11) is 0. The Morgan fingerprint density at radius 3 is 2.52 bits per heavy atom. The van der Waals surface area contributed by atoms with Gasteiger partial charge in [-0.15, -0.1) is 0 Å². The lowest BCUT2D eigenvalue weighted by molar-refractivity contribution is -0.139. The second kappa shape index (κ2) is 9.60. The van der Waals surface area contributed by atoms with Gasteiger partial charge >= 0.3 is 5.97 Å². The van der Waals surface area contributed by atoms with Crippen molar-refractivity contribution in [2.24, 2.45) is 5.92 Å². The third kappa shape index (κ3) is 6.05. The SMILES string of the molecule is CCN(CC(=O)O)C1CCN(CCOC2CCCCC2C)CC1. The maximum absolute atomic E-state index is 10.9. The molecule has 2 aliphatic rings. The zero-order valence-electron chi connectivity index (χ0n) is 14.9. The van der Waals surface area contributed by atoms with Crippen LogP contribution in [0.2, 0.25) is 0 Å². The largest absolute Gasteiger partial charge is 0.480 e. The molecule has 1 heterocycles. The van der Waals surface area contributed by atoms with Gasteiger partial charge in [0.15, 0.2) is 0 Å². The number of carboxylic acid groups (broad SMARTS) is 1. The van der Waals surface area contributed by atoms with E-state index in [-0.39, 0.29) is 6.54 Å². The van der Waals surface area contributed by atoms with E-state index in [1.807, 2.05) is 0 Å². The van der Waals surface area contributed by atoms with Crippen molar-refractivity contribution in [1.82, 2.24) is 9.80 Å². The van der Waals surface area contributed by atoms with Crippen molar-refractivity contribution in [3.05, 3.63) is 0 Å². The maximum Gasteiger partial charge on any atom is 0.317 e. The van der Waals surface area contributed by atoms with Crippen LogP contribution in [0.4, 0.5) is 0 Å². The number of piperidine rings is 1. The third-order valence-electron chi connectivity index (χ3n) is 5.59. The first kappa shape index (κ1) is 18.7. The van der Waals surface area contributed by atoms with E-state index in [0.29, 0.717) is 18.1 Å². The van der Waals surface area contributed by atoms with Gasteiger partial charge in [0, 0.05) is 12.6 Å². The Morgan fingerprint density at radius 2 is 1.91 bits per heavy atom. The zero-order valence-corrected chi connectivity index (χ0v) is 14.9. The first-order valence-corrected chi connectivity index (χ1v) is 9.40. The Bertz CT molecular complexity index is 356. The molecule has 0 bridgehead atoms. The van der Waals surface area contributed by atoms with Crippen molar-refractivity contribution in [2.45, 2.75) is 64.5 Å². The van der Waals surface area contributed by atoms with Gasteiger partial charge in [-0.2, -0.15) is 0 Å². The van der Waals surface area contributed by atoms with Gasteiger partial charge in [-0.25, -0.2) is 0 Å². The molecule has 134 valence electrons.